The Morgan fingerprint density at radius 2 is 1.89 bits per heavy atom. The number of esters is 1. The van der Waals surface area contributed by atoms with Crippen molar-refractivity contribution in [2.75, 3.05) is 24.2 Å². The molecule has 0 heterocycles. The van der Waals surface area contributed by atoms with Gasteiger partial charge in [0.25, 0.3) is 0 Å². The molecule has 2 N–H and O–H groups in total. The maximum absolute atomic E-state index is 11.8. The van der Waals surface area contributed by atoms with Gasteiger partial charge in [0.15, 0.2) is 5.11 Å². The Hall–Kier alpha value is -2.05. The van der Waals surface area contributed by atoms with Crippen LogP contribution in [0, 0.1) is 13.8 Å². The van der Waals surface area contributed by atoms with Crippen LogP contribution in [-0.4, -0.2) is 30.0 Å². The summed E-state index contributed by atoms with van der Waals surface area (Å²) in [7, 11) is 0. The number of thiocarbonyl (C=S) groups is 1. The number of carbonyl (C=O) groups excluding carboxylic acids is 1. The lowest BCUT2D eigenvalue weighted by Crippen LogP contribution is -2.29. The Morgan fingerprint density at radius 3 is 2.56 bits per heavy atom. The molecule has 2 aromatic carbocycles. The lowest BCUT2D eigenvalue weighted by molar-refractivity contribution is 0.0526. The first-order valence-corrected chi connectivity index (χ1v) is 10.4. The molecule has 0 amide bonds. The van der Waals surface area contributed by atoms with Crippen LogP contribution < -0.4 is 10.6 Å². The Balaban J connectivity index is 1.72. The SMILES string of the molecule is CCOC(=O)c1ccc(NC(=S)NCCCSc2ccc(C)cc2)c(C)c1. The van der Waals surface area contributed by atoms with Crippen LogP contribution in [0.15, 0.2) is 47.4 Å². The number of rotatable bonds is 8. The van der Waals surface area contributed by atoms with E-state index in [0.717, 1.165) is 30.0 Å². The van der Waals surface area contributed by atoms with E-state index in [9.17, 15) is 4.79 Å². The molecular weight excluding hydrogens is 376 g/mol. The van der Waals surface area contributed by atoms with E-state index in [1.165, 1.54) is 10.5 Å². The number of carbonyl (C=O) groups is 1. The van der Waals surface area contributed by atoms with Gasteiger partial charge in [0.1, 0.15) is 0 Å². The number of ether oxygens (including phenoxy) is 1. The van der Waals surface area contributed by atoms with Gasteiger partial charge < -0.3 is 15.4 Å². The van der Waals surface area contributed by atoms with Crippen LogP contribution in [0.4, 0.5) is 5.69 Å². The number of hydrogen-bond donors (Lipinski definition) is 2. The van der Waals surface area contributed by atoms with Gasteiger partial charge in [-0.25, -0.2) is 4.79 Å². The van der Waals surface area contributed by atoms with E-state index >= 15 is 0 Å². The van der Waals surface area contributed by atoms with Crippen LogP contribution >= 0.6 is 24.0 Å². The zero-order chi connectivity index (χ0) is 19.6. The van der Waals surface area contributed by atoms with Gasteiger partial charge in [0.05, 0.1) is 12.2 Å². The topological polar surface area (TPSA) is 50.4 Å². The fourth-order valence-corrected chi connectivity index (χ4v) is 3.48. The number of anilines is 1. The monoisotopic (exact) mass is 402 g/mol. The minimum Gasteiger partial charge on any atom is -0.462 e. The van der Waals surface area contributed by atoms with E-state index in [4.69, 9.17) is 17.0 Å². The number of nitrogens with one attached hydrogen (secondary N) is 2. The third-order valence-corrected chi connectivity index (χ3v) is 5.23. The molecule has 6 heteroatoms. The maximum Gasteiger partial charge on any atom is 0.338 e. The fourth-order valence-electron chi connectivity index (χ4n) is 2.41. The number of aryl methyl sites for hydroxylation is 2. The second kappa shape index (κ2) is 10.9. The summed E-state index contributed by atoms with van der Waals surface area (Å²) < 4.78 is 5.02. The molecule has 0 atom stereocenters. The summed E-state index contributed by atoms with van der Waals surface area (Å²) in [6.45, 7) is 7.01. The zero-order valence-electron chi connectivity index (χ0n) is 16.0. The predicted octanol–water partition coefficient (Wildman–Crippen LogP) is 4.95. The molecular formula is C21H26N2O2S2. The predicted molar refractivity (Wildman–Crippen MR) is 118 cm³/mol. The van der Waals surface area contributed by atoms with Gasteiger partial charge in [-0.15, -0.1) is 11.8 Å². The number of thioether (sulfide) groups is 1. The Labute approximate surface area is 171 Å². The molecule has 2 rings (SSSR count). The third-order valence-electron chi connectivity index (χ3n) is 3.88. The highest BCUT2D eigenvalue weighted by molar-refractivity contribution is 7.99. The summed E-state index contributed by atoms with van der Waals surface area (Å²) in [6, 6.07) is 14.0. The van der Waals surface area contributed by atoms with Crippen molar-refractivity contribution in [1.82, 2.24) is 5.32 Å². The van der Waals surface area contributed by atoms with Crippen LogP contribution in [0.5, 0.6) is 0 Å². The third kappa shape index (κ3) is 7.23. The minimum absolute atomic E-state index is 0.307. The van der Waals surface area contributed by atoms with Crippen molar-refractivity contribution in [3.8, 4) is 0 Å². The summed E-state index contributed by atoms with van der Waals surface area (Å²) in [5.41, 5.74) is 3.66. The molecule has 0 bridgehead atoms. The first-order chi connectivity index (χ1) is 13.0. The average molecular weight is 403 g/mol. The second-order valence-electron chi connectivity index (χ2n) is 6.15. The van der Waals surface area contributed by atoms with E-state index in [-0.39, 0.29) is 5.97 Å². The Morgan fingerprint density at radius 1 is 1.15 bits per heavy atom. The quantitative estimate of drug-likeness (QED) is 0.282. The largest absolute Gasteiger partial charge is 0.462 e. The maximum atomic E-state index is 11.8. The normalized spacial score (nSPS) is 10.3. The zero-order valence-corrected chi connectivity index (χ0v) is 17.6. The minimum atomic E-state index is -0.307. The van der Waals surface area contributed by atoms with Gasteiger partial charge in [-0.1, -0.05) is 17.7 Å². The molecule has 0 unspecified atom stereocenters. The molecule has 0 aliphatic heterocycles. The van der Waals surface area contributed by atoms with Gasteiger partial charge in [-0.3, -0.25) is 0 Å². The van der Waals surface area contributed by atoms with Crippen LogP contribution in [0.3, 0.4) is 0 Å². The van der Waals surface area contributed by atoms with E-state index in [1.54, 1.807) is 19.1 Å². The molecule has 0 radical (unpaired) electrons. The first kappa shape index (κ1) is 21.3. The number of hydrogen-bond acceptors (Lipinski definition) is 4. The second-order valence-corrected chi connectivity index (χ2v) is 7.72. The summed E-state index contributed by atoms with van der Waals surface area (Å²) in [5.74, 6) is 0.727. The lowest BCUT2D eigenvalue weighted by atomic mass is 10.1. The Bertz CT molecular complexity index is 776. The van der Waals surface area contributed by atoms with Gasteiger partial charge in [0.2, 0.25) is 0 Å². The molecule has 0 aromatic heterocycles. The van der Waals surface area contributed by atoms with E-state index in [0.29, 0.717) is 17.3 Å². The van der Waals surface area contributed by atoms with Crippen LogP contribution in [0.25, 0.3) is 0 Å². The van der Waals surface area contributed by atoms with Crippen LogP contribution in [0.1, 0.15) is 34.8 Å². The molecule has 4 nitrogen and oxygen atoms in total. The standard InChI is InChI=1S/C21H26N2O2S2/c1-4-25-20(24)17-8-11-19(16(3)14-17)23-21(26)22-12-5-13-27-18-9-6-15(2)7-10-18/h6-11,14H,4-5,12-13H2,1-3H3,(H2,22,23,26). The van der Waals surface area contributed by atoms with Crippen LogP contribution in [-0.2, 0) is 4.74 Å². The molecule has 0 spiro atoms. The van der Waals surface area contributed by atoms with Crippen LogP contribution in [0.2, 0.25) is 0 Å². The fraction of sp³-hybridized carbons (Fsp3) is 0.333. The molecule has 0 aliphatic carbocycles. The number of benzene rings is 2. The highest BCUT2D eigenvalue weighted by atomic mass is 32.2. The van der Waals surface area contributed by atoms with Crippen molar-refractivity contribution in [2.24, 2.45) is 0 Å². The Kier molecular flexibility index (Phi) is 8.61. The van der Waals surface area contributed by atoms with E-state index < -0.39 is 0 Å². The van der Waals surface area contributed by atoms with Gasteiger partial charge in [0, 0.05) is 17.1 Å². The van der Waals surface area contributed by atoms with Gasteiger partial charge in [-0.05, 0) is 81.1 Å². The first-order valence-electron chi connectivity index (χ1n) is 9.01. The molecule has 0 saturated heterocycles. The lowest BCUT2D eigenvalue weighted by Gasteiger charge is -2.13. The molecule has 0 saturated carbocycles. The van der Waals surface area contributed by atoms with Crippen molar-refractivity contribution in [2.45, 2.75) is 32.1 Å². The van der Waals surface area contributed by atoms with Crippen molar-refractivity contribution < 1.29 is 9.53 Å². The summed E-state index contributed by atoms with van der Waals surface area (Å²) in [4.78, 5) is 13.1. The summed E-state index contributed by atoms with van der Waals surface area (Å²) >= 11 is 7.21. The van der Waals surface area contributed by atoms with Gasteiger partial charge in [-0.2, -0.15) is 0 Å². The molecule has 0 fully saturated rings. The van der Waals surface area contributed by atoms with Crippen molar-refractivity contribution >= 4 is 40.7 Å². The van der Waals surface area contributed by atoms with E-state index in [1.807, 2.05) is 24.8 Å². The molecule has 0 aliphatic rings. The van der Waals surface area contributed by atoms with Crippen molar-refractivity contribution in [1.29, 1.82) is 0 Å². The van der Waals surface area contributed by atoms with Crippen molar-refractivity contribution in [3.05, 3.63) is 59.2 Å². The molecule has 144 valence electrons. The summed E-state index contributed by atoms with van der Waals surface area (Å²) in [6.07, 6.45) is 1.02. The van der Waals surface area contributed by atoms with E-state index in [2.05, 4.69) is 41.8 Å². The van der Waals surface area contributed by atoms with Gasteiger partial charge >= 0.3 is 5.97 Å². The average Bonchev–Trinajstić information content (AvgIpc) is 2.65. The van der Waals surface area contributed by atoms with Crippen molar-refractivity contribution in [3.63, 3.8) is 0 Å². The molecule has 27 heavy (non-hydrogen) atoms. The molecule has 2 aromatic rings. The summed E-state index contributed by atoms with van der Waals surface area (Å²) in [5, 5.41) is 7.00. The smallest absolute Gasteiger partial charge is 0.338 e. The highest BCUT2D eigenvalue weighted by Crippen LogP contribution is 2.19. The highest BCUT2D eigenvalue weighted by Gasteiger charge is 2.09.